The van der Waals surface area contributed by atoms with E-state index < -0.39 is 0 Å². The average molecular weight is 284 g/mol. The van der Waals surface area contributed by atoms with Crippen molar-refractivity contribution in [3.05, 3.63) is 64.8 Å². The number of hydrogen-bond acceptors (Lipinski definition) is 0. The van der Waals surface area contributed by atoms with E-state index in [-0.39, 0.29) is 0 Å². The molecule has 0 heterocycles. The molecule has 0 aromatic heterocycles. The van der Waals surface area contributed by atoms with Crippen LogP contribution in [0.5, 0.6) is 0 Å². The molecule has 0 bridgehead atoms. The van der Waals surface area contributed by atoms with Gasteiger partial charge in [-0.25, -0.2) is 0 Å². The Bertz CT molecular complexity index is 532. The Hall–Kier alpha value is -0.677. The quantitative estimate of drug-likeness (QED) is 0.732. The van der Waals surface area contributed by atoms with Crippen molar-refractivity contribution in [2.24, 2.45) is 0 Å². The fourth-order valence-corrected chi connectivity index (χ4v) is 4.29. The maximum atomic E-state index is 2.29. The van der Waals surface area contributed by atoms with E-state index in [2.05, 4.69) is 49.4 Å². The molecule has 1 heteroatoms. The third kappa shape index (κ3) is 1.45. The van der Waals surface area contributed by atoms with E-state index in [0.717, 1.165) is 6.42 Å². The second kappa shape index (κ2) is 3.96. The first-order valence-electron chi connectivity index (χ1n) is 5.66. The monoisotopic (exact) mass is 283 g/mol. The minimum atomic E-state index is 0.648. The van der Waals surface area contributed by atoms with Crippen LogP contribution < -0.4 is 0 Å². The van der Waals surface area contributed by atoms with E-state index in [1.807, 2.05) is 0 Å². The van der Waals surface area contributed by atoms with E-state index in [1.165, 1.54) is 22.3 Å². The van der Waals surface area contributed by atoms with Gasteiger partial charge in [0.1, 0.15) is 0 Å². The third-order valence-electron chi connectivity index (χ3n) is 3.49. The molecule has 1 atom stereocenters. The fraction of sp³-hybridized carbons (Fsp3) is 0.200. The second-order valence-electron chi connectivity index (χ2n) is 4.38. The molecule has 0 N–H and O–H groups in total. The molecule has 0 amide bonds. The molecule has 1 unspecified atom stereocenters. The Labute approximate surface area is 112 Å². The Kier molecular flexibility index (Phi) is 2.60. The summed E-state index contributed by atoms with van der Waals surface area (Å²) < 4.78 is 0.648. The Balaban J connectivity index is 2.12. The van der Waals surface area contributed by atoms with Gasteiger partial charge in [-0.05, 0) is 0 Å². The summed E-state index contributed by atoms with van der Waals surface area (Å²) in [5.41, 5.74) is 7.60. The van der Waals surface area contributed by atoms with Crippen molar-refractivity contribution in [1.29, 1.82) is 0 Å². The molecule has 1 aromatic rings. The second-order valence-corrected chi connectivity index (χ2v) is 5.80. The Morgan fingerprint density at radius 3 is 2.75 bits per heavy atom. The Morgan fingerprint density at radius 2 is 2.06 bits per heavy atom. The maximum absolute atomic E-state index is 2.29. The number of fused-ring (bicyclic) bond motifs is 1. The van der Waals surface area contributed by atoms with Crippen LogP contribution in [0, 0.1) is 0 Å². The summed E-state index contributed by atoms with van der Waals surface area (Å²) in [7, 11) is 0. The first-order chi connectivity index (χ1) is 7.79. The fourth-order valence-electron chi connectivity index (χ4n) is 2.68. The van der Waals surface area contributed by atoms with E-state index in [9.17, 15) is 0 Å². The summed E-state index contributed by atoms with van der Waals surface area (Å²) in [4.78, 5) is 0. The van der Waals surface area contributed by atoms with E-state index in [1.54, 1.807) is 30.3 Å². The van der Waals surface area contributed by atoms with Crippen LogP contribution in [0.4, 0.5) is 0 Å². The normalized spacial score (nSPS) is 22.5. The molecule has 0 nitrogen and oxygen atoms in total. The molecule has 0 spiro atoms. The molecule has 0 fully saturated rings. The molecule has 1 aromatic carbocycles. The molecule has 0 saturated heterocycles. The van der Waals surface area contributed by atoms with Crippen LogP contribution in [0.25, 0.3) is 5.57 Å². The van der Waals surface area contributed by atoms with Gasteiger partial charge < -0.3 is 0 Å². The van der Waals surface area contributed by atoms with Crippen molar-refractivity contribution in [3.8, 4) is 0 Å². The van der Waals surface area contributed by atoms with E-state index >= 15 is 0 Å². The van der Waals surface area contributed by atoms with Crippen LogP contribution in [0.3, 0.4) is 0 Å². The summed E-state index contributed by atoms with van der Waals surface area (Å²) in [6.07, 6.45) is 7.83. The van der Waals surface area contributed by atoms with E-state index in [0.29, 0.717) is 3.63 Å². The molecular formula is C15H13Zr. The van der Waals surface area contributed by atoms with Gasteiger partial charge >= 0.3 is 112 Å². The van der Waals surface area contributed by atoms with Crippen LogP contribution in [-0.2, 0) is 24.7 Å². The summed E-state index contributed by atoms with van der Waals surface area (Å²) in [6.45, 7) is 2.28. The van der Waals surface area contributed by atoms with Crippen molar-refractivity contribution < 1.29 is 24.7 Å². The van der Waals surface area contributed by atoms with Gasteiger partial charge in [0.15, 0.2) is 0 Å². The standard InChI is InChI=1S/C15H13.Zr/c1-11-14-9-5-4-8-13(14)10-15(11)12-6-2-3-7-12;/h2-6,8-10H,7H2,1H3;. The van der Waals surface area contributed by atoms with Gasteiger partial charge in [-0.3, -0.25) is 0 Å². The molecule has 0 radical (unpaired) electrons. The summed E-state index contributed by atoms with van der Waals surface area (Å²) >= 11 is 1.60. The number of hydrogen-bond donors (Lipinski definition) is 0. The van der Waals surface area contributed by atoms with Crippen LogP contribution in [-0.4, -0.2) is 0 Å². The third-order valence-corrected chi connectivity index (χ3v) is 4.96. The van der Waals surface area contributed by atoms with Crippen molar-refractivity contribution in [2.45, 2.75) is 17.0 Å². The topological polar surface area (TPSA) is 0 Å². The van der Waals surface area contributed by atoms with Gasteiger partial charge in [-0.2, -0.15) is 0 Å². The van der Waals surface area contributed by atoms with Crippen LogP contribution >= 0.6 is 0 Å². The average Bonchev–Trinajstić information content (AvgIpc) is 2.89. The Morgan fingerprint density at radius 1 is 1.25 bits per heavy atom. The van der Waals surface area contributed by atoms with Gasteiger partial charge in [0.2, 0.25) is 0 Å². The number of allylic oxidation sites excluding steroid dienone is 6. The molecule has 16 heavy (non-hydrogen) atoms. The molecule has 0 saturated carbocycles. The zero-order valence-corrected chi connectivity index (χ0v) is 11.8. The zero-order valence-electron chi connectivity index (χ0n) is 9.33. The van der Waals surface area contributed by atoms with Crippen molar-refractivity contribution >= 4 is 5.57 Å². The zero-order chi connectivity index (χ0) is 11.1. The molecule has 2 aliphatic rings. The number of rotatable bonds is 1. The van der Waals surface area contributed by atoms with Gasteiger partial charge in [-0.15, -0.1) is 0 Å². The first kappa shape index (κ1) is 10.5. The van der Waals surface area contributed by atoms with Crippen LogP contribution in [0.2, 0.25) is 0 Å². The van der Waals surface area contributed by atoms with Gasteiger partial charge in [0.25, 0.3) is 0 Å². The predicted molar refractivity (Wildman–Crippen MR) is 63.6 cm³/mol. The molecule has 0 aliphatic heterocycles. The summed E-state index contributed by atoms with van der Waals surface area (Å²) in [5, 5.41) is 0. The van der Waals surface area contributed by atoms with Crippen LogP contribution in [0.15, 0.2) is 53.6 Å². The van der Waals surface area contributed by atoms with Crippen molar-refractivity contribution in [2.75, 3.05) is 0 Å². The summed E-state index contributed by atoms with van der Waals surface area (Å²) in [5.74, 6) is 0. The van der Waals surface area contributed by atoms with Gasteiger partial charge in [-0.1, -0.05) is 0 Å². The van der Waals surface area contributed by atoms with Crippen molar-refractivity contribution in [1.82, 2.24) is 0 Å². The molecule has 3 rings (SSSR count). The van der Waals surface area contributed by atoms with Gasteiger partial charge in [0, 0.05) is 0 Å². The van der Waals surface area contributed by atoms with Crippen molar-refractivity contribution in [3.63, 3.8) is 0 Å². The predicted octanol–water partition coefficient (Wildman–Crippen LogP) is 3.95. The van der Waals surface area contributed by atoms with E-state index in [4.69, 9.17) is 0 Å². The molecule has 77 valence electrons. The molecule has 2 aliphatic carbocycles. The number of benzene rings is 1. The minimum absolute atomic E-state index is 0.648. The van der Waals surface area contributed by atoms with Crippen LogP contribution in [0.1, 0.15) is 28.1 Å². The van der Waals surface area contributed by atoms with Gasteiger partial charge in [0.05, 0.1) is 0 Å². The molecular weight excluding hydrogens is 271 g/mol. The SMILES string of the molecule is CC1=C(C2=CC=CC2)[CH]([Zr])c2ccccc21. The first-order valence-corrected chi connectivity index (χ1v) is 7.08. The summed E-state index contributed by atoms with van der Waals surface area (Å²) in [6, 6.07) is 8.86.